The largest absolute Gasteiger partial charge is 0.349 e. The van der Waals surface area contributed by atoms with Gasteiger partial charge < -0.3 is 5.32 Å². The molecular formula is C14H17Cl2NO. The van der Waals surface area contributed by atoms with Crippen LogP contribution in [0.15, 0.2) is 12.1 Å². The molecule has 1 aliphatic rings. The number of hydrogen-bond donors (Lipinski definition) is 1. The van der Waals surface area contributed by atoms with Crippen molar-refractivity contribution in [3.8, 4) is 0 Å². The SMILES string of the molecule is Cc1ccc(C(=O)NC2CCCCC2)c(Cl)c1Cl. The van der Waals surface area contributed by atoms with E-state index in [-0.39, 0.29) is 11.9 Å². The number of halogens is 2. The van der Waals surface area contributed by atoms with Crippen molar-refractivity contribution in [3.63, 3.8) is 0 Å². The fourth-order valence-corrected chi connectivity index (χ4v) is 2.79. The zero-order chi connectivity index (χ0) is 13.1. The number of carbonyl (C=O) groups excluding carboxylic acids is 1. The van der Waals surface area contributed by atoms with E-state index >= 15 is 0 Å². The van der Waals surface area contributed by atoms with Gasteiger partial charge in [-0.05, 0) is 31.4 Å². The van der Waals surface area contributed by atoms with E-state index in [4.69, 9.17) is 23.2 Å². The highest BCUT2D eigenvalue weighted by Crippen LogP contribution is 2.29. The zero-order valence-electron chi connectivity index (χ0n) is 10.4. The Bertz CT molecular complexity index is 453. The second kappa shape index (κ2) is 5.94. The van der Waals surface area contributed by atoms with Crippen molar-refractivity contribution in [3.05, 3.63) is 33.3 Å². The summed E-state index contributed by atoms with van der Waals surface area (Å²) in [7, 11) is 0. The van der Waals surface area contributed by atoms with E-state index in [1.165, 1.54) is 19.3 Å². The number of nitrogens with one attached hydrogen (secondary N) is 1. The molecule has 4 heteroatoms. The molecule has 1 fully saturated rings. The van der Waals surface area contributed by atoms with Crippen LogP contribution in [0.1, 0.15) is 48.0 Å². The summed E-state index contributed by atoms with van der Waals surface area (Å²) in [6.07, 6.45) is 5.76. The standard InChI is InChI=1S/C14H17Cl2NO/c1-9-7-8-11(13(16)12(9)15)14(18)17-10-5-3-2-4-6-10/h7-8,10H,2-6H2,1H3,(H,17,18). The van der Waals surface area contributed by atoms with E-state index in [1.54, 1.807) is 6.07 Å². The summed E-state index contributed by atoms with van der Waals surface area (Å²) in [4.78, 5) is 12.1. The van der Waals surface area contributed by atoms with Crippen molar-refractivity contribution in [1.29, 1.82) is 0 Å². The lowest BCUT2D eigenvalue weighted by Gasteiger charge is -2.23. The number of rotatable bonds is 2. The minimum Gasteiger partial charge on any atom is -0.349 e. The fraction of sp³-hybridized carbons (Fsp3) is 0.500. The maximum atomic E-state index is 12.1. The van der Waals surface area contributed by atoms with Crippen LogP contribution in [0, 0.1) is 6.92 Å². The summed E-state index contributed by atoms with van der Waals surface area (Å²) in [6.45, 7) is 1.87. The van der Waals surface area contributed by atoms with Crippen molar-refractivity contribution in [2.24, 2.45) is 0 Å². The van der Waals surface area contributed by atoms with E-state index in [0.29, 0.717) is 15.6 Å². The molecule has 2 nitrogen and oxygen atoms in total. The Hall–Kier alpha value is -0.730. The van der Waals surface area contributed by atoms with Crippen LogP contribution in [-0.2, 0) is 0 Å². The highest BCUT2D eigenvalue weighted by atomic mass is 35.5. The summed E-state index contributed by atoms with van der Waals surface area (Å²) in [5.41, 5.74) is 1.36. The van der Waals surface area contributed by atoms with Gasteiger partial charge in [-0.3, -0.25) is 4.79 Å². The number of aryl methyl sites for hydroxylation is 1. The van der Waals surface area contributed by atoms with Gasteiger partial charge >= 0.3 is 0 Å². The molecule has 1 aromatic carbocycles. The molecule has 18 heavy (non-hydrogen) atoms. The topological polar surface area (TPSA) is 29.1 Å². The van der Waals surface area contributed by atoms with Crippen molar-refractivity contribution in [2.75, 3.05) is 0 Å². The van der Waals surface area contributed by atoms with Gasteiger partial charge in [0, 0.05) is 6.04 Å². The van der Waals surface area contributed by atoms with Crippen molar-refractivity contribution in [2.45, 2.75) is 45.1 Å². The first-order valence-corrected chi connectivity index (χ1v) is 7.10. The summed E-state index contributed by atoms with van der Waals surface area (Å²) in [5, 5.41) is 3.86. The van der Waals surface area contributed by atoms with Crippen LogP contribution in [0.25, 0.3) is 0 Å². The molecule has 0 bridgehead atoms. The van der Waals surface area contributed by atoms with E-state index in [2.05, 4.69) is 5.32 Å². The molecule has 1 N–H and O–H groups in total. The molecule has 0 aliphatic heterocycles. The van der Waals surface area contributed by atoms with Crippen LogP contribution in [0.3, 0.4) is 0 Å². The summed E-state index contributed by atoms with van der Waals surface area (Å²) >= 11 is 12.2. The van der Waals surface area contributed by atoms with Crippen LogP contribution >= 0.6 is 23.2 Å². The lowest BCUT2D eigenvalue weighted by molar-refractivity contribution is 0.0928. The lowest BCUT2D eigenvalue weighted by atomic mass is 9.95. The highest BCUT2D eigenvalue weighted by Gasteiger charge is 2.19. The molecule has 0 saturated heterocycles. The average Bonchev–Trinajstić information content (AvgIpc) is 2.37. The molecule has 98 valence electrons. The molecule has 1 saturated carbocycles. The van der Waals surface area contributed by atoms with Crippen LogP contribution in [0.2, 0.25) is 10.0 Å². The van der Waals surface area contributed by atoms with Gasteiger partial charge in [0.05, 0.1) is 15.6 Å². The molecule has 0 heterocycles. The van der Waals surface area contributed by atoms with E-state index in [0.717, 1.165) is 18.4 Å². The van der Waals surface area contributed by atoms with Crippen LogP contribution < -0.4 is 5.32 Å². The molecule has 1 amide bonds. The van der Waals surface area contributed by atoms with Gasteiger partial charge in [-0.2, -0.15) is 0 Å². The molecule has 0 atom stereocenters. The van der Waals surface area contributed by atoms with Gasteiger partial charge in [0.25, 0.3) is 5.91 Å². The Kier molecular flexibility index (Phi) is 4.52. The number of benzene rings is 1. The molecule has 0 spiro atoms. The predicted molar refractivity (Wildman–Crippen MR) is 75.5 cm³/mol. The maximum absolute atomic E-state index is 12.1. The Balaban J connectivity index is 2.11. The van der Waals surface area contributed by atoms with Crippen LogP contribution in [0.5, 0.6) is 0 Å². The van der Waals surface area contributed by atoms with Crippen LogP contribution in [-0.4, -0.2) is 11.9 Å². The van der Waals surface area contributed by atoms with Gasteiger partial charge in [-0.1, -0.05) is 48.5 Å². The highest BCUT2D eigenvalue weighted by molar-refractivity contribution is 6.44. The summed E-state index contributed by atoms with van der Waals surface area (Å²) < 4.78 is 0. The molecule has 0 radical (unpaired) electrons. The normalized spacial score (nSPS) is 16.6. The Labute approximate surface area is 118 Å². The Morgan fingerprint density at radius 1 is 1.17 bits per heavy atom. The van der Waals surface area contributed by atoms with E-state index in [1.807, 2.05) is 13.0 Å². The quantitative estimate of drug-likeness (QED) is 0.859. The van der Waals surface area contributed by atoms with Gasteiger partial charge in [-0.15, -0.1) is 0 Å². The molecular weight excluding hydrogens is 269 g/mol. The number of amides is 1. The summed E-state index contributed by atoms with van der Waals surface area (Å²) in [6, 6.07) is 3.84. The predicted octanol–water partition coefficient (Wildman–Crippen LogP) is 4.36. The lowest BCUT2D eigenvalue weighted by Crippen LogP contribution is -2.36. The number of carbonyl (C=O) groups is 1. The first kappa shape index (κ1) is 13.7. The fourth-order valence-electron chi connectivity index (χ4n) is 2.33. The maximum Gasteiger partial charge on any atom is 0.253 e. The zero-order valence-corrected chi connectivity index (χ0v) is 11.9. The molecule has 1 aliphatic carbocycles. The second-order valence-corrected chi connectivity index (χ2v) is 5.62. The van der Waals surface area contributed by atoms with Crippen molar-refractivity contribution < 1.29 is 4.79 Å². The summed E-state index contributed by atoms with van der Waals surface area (Å²) in [5.74, 6) is -0.117. The molecule has 0 aromatic heterocycles. The monoisotopic (exact) mass is 285 g/mol. The third-order valence-electron chi connectivity index (χ3n) is 3.46. The van der Waals surface area contributed by atoms with Gasteiger partial charge in [0.2, 0.25) is 0 Å². The molecule has 1 aromatic rings. The second-order valence-electron chi connectivity index (χ2n) is 4.87. The third kappa shape index (κ3) is 2.99. The first-order valence-electron chi connectivity index (χ1n) is 6.35. The van der Waals surface area contributed by atoms with Crippen molar-refractivity contribution in [1.82, 2.24) is 5.32 Å². The Morgan fingerprint density at radius 3 is 2.50 bits per heavy atom. The Morgan fingerprint density at radius 2 is 1.83 bits per heavy atom. The third-order valence-corrected chi connectivity index (χ3v) is 4.44. The number of hydrogen-bond acceptors (Lipinski definition) is 1. The first-order chi connectivity index (χ1) is 8.59. The van der Waals surface area contributed by atoms with Gasteiger partial charge in [0.1, 0.15) is 0 Å². The minimum absolute atomic E-state index is 0.117. The smallest absolute Gasteiger partial charge is 0.253 e. The van der Waals surface area contributed by atoms with E-state index < -0.39 is 0 Å². The minimum atomic E-state index is -0.117. The van der Waals surface area contributed by atoms with Gasteiger partial charge in [0.15, 0.2) is 0 Å². The van der Waals surface area contributed by atoms with E-state index in [9.17, 15) is 4.79 Å². The van der Waals surface area contributed by atoms with Crippen LogP contribution in [0.4, 0.5) is 0 Å². The average molecular weight is 286 g/mol. The van der Waals surface area contributed by atoms with Gasteiger partial charge in [-0.25, -0.2) is 0 Å². The van der Waals surface area contributed by atoms with Crippen molar-refractivity contribution >= 4 is 29.1 Å². The molecule has 2 rings (SSSR count). The molecule has 0 unspecified atom stereocenters.